The van der Waals surface area contributed by atoms with Crippen LogP contribution in [0.5, 0.6) is 5.75 Å². The lowest BCUT2D eigenvalue weighted by Crippen LogP contribution is -2.21. The van der Waals surface area contributed by atoms with Crippen LogP contribution in [0.2, 0.25) is 5.02 Å². The average molecular weight is 500 g/mol. The van der Waals surface area contributed by atoms with E-state index < -0.39 is 27.0 Å². The first-order valence-electron chi connectivity index (χ1n) is 8.16. The van der Waals surface area contributed by atoms with E-state index in [9.17, 15) is 21.6 Å². The van der Waals surface area contributed by atoms with Crippen molar-refractivity contribution in [3.05, 3.63) is 51.0 Å². The number of hydrogen-bond donors (Lipinski definition) is 2. The molecule has 0 aromatic heterocycles. The highest BCUT2D eigenvalue weighted by atomic mass is 79.9. The molecule has 2 aromatic rings. The normalized spacial score (nSPS) is 14.9. The van der Waals surface area contributed by atoms with Crippen LogP contribution in [-0.4, -0.2) is 27.9 Å². The molecule has 0 saturated heterocycles. The molecule has 0 fully saturated rings. The third-order valence-electron chi connectivity index (χ3n) is 4.13. The summed E-state index contributed by atoms with van der Waals surface area (Å²) >= 11 is 9.40. The largest absolute Gasteiger partial charge is 0.573 e. The third kappa shape index (κ3) is 4.91. The summed E-state index contributed by atoms with van der Waals surface area (Å²) in [4.78, 5) is -0.652. The summed E-state index contributed by atoms with van der Waals surface area (Å²) < 4.78 is 70.0. The molecule has 0 spiro atoms. The van der Waals surface area contributed by atoms with Crippen molar-refractivity contribution < 1.29 is 26.3 Å². The van der Waals surface area contributed by atoms with Gasteiger partial charge in [-0.2, -0.15) is 0 Å². The number of ether oxygens (including phenoxy) is 1. The van der Waals surface area contributed by atoms with Crippen LogP contribution >= 0.6 is 27.5 Å². The summed E-state index contributed by atoms with van der Waals surface area (Å²) in [6, 6.07) is 6.54. The fourth-order valence-electron chi connectivity index (χ4n) is 2.91. The molecular formula is C17H15BrClF3N2O3S. The van der Waals surface area contributed by atoms with Gasteiger partial charge in [-0.3, -0.25) is 4.72 Å². The minimum Gasteiger partial charge on any atom is -0.404 e. The van der Waals surface area contributed by atoms with Crippen molar-refractivity contribution in [2.24, 2.45) is 0 Å². The van der Waals surface area contributed by atoms with Gasteiger partial charge in [0.15, 0.2) is 5.75 Å². The molecule has 0 atom stereocenters. The standard InChI is InChI=1S/C17H15BrClF3N2O3S/c18-11-2-4-15(14(9-11)27-17(20,21)22)28(25,26)24-13-3-1-10-5-7-23-8-6-12(10)16(13)19/h1-4,9,23-24H,5-8H2. The van der Waals surface area contributed by atoms with Crippen LogP contribution in [-0.2, 0) is 22.9 Å². The Bertz CT molecular complexity index is 1000. The number of hydrogen-bond acceptors (Lipinski definition) is 4. The second-order valence-corrected chi connectivity index (χ2v) is 9.00. The number of benzene rings is 2. The molecular weight excluding hydrogens is 485 g/mol. The predicted octanol–water partition coefficient (Wildman–Crippen LogP) is 4.49. The smallest absolute Gasteiger partial charge is 0.404 e. The van der Waals surface area contributed by atoms with Crippen molar-refractivity contribution in [2.75, 3.05) is 17.8 Å². The van der Waals surface area contributed by atoms with Gasteiger partial charge in [-0.15, -0.1) is 13.2 Å². The Kier molecular flexibility index (Phi) is 6.14. The highest BCUT2D eigenvalue weighted by Gasteiger charge is 2.34. The van der Waals surface area contributed by atoms with Gasteiger partial charge in [0.05, 0.1) is 10.7 Å². The van der Waals surface area contributed by atoms with Gasteiger partial charge in [0.2, 0.25) is 0 Å². The lowest BCUT2D eigenvalue weighted by Gasteiger charge is -2.17. The van der Waals surface area contributed by atoms with Crippen LogP contribution in [0.15, 0.2) is 39.7 Å². The summed E-state index contributed by atoms with van der Waals surface area (Å²) in [5.41, 5.74) is 1.92. The molecule has 2 aromatic carbocycles. The molecule has 2 N–H and O–H groups in total. The molecule has 1 aliphatic heterocycles. The van der Waals surface area contributed by atoms with Crippen molar-refractivity contribution in [2.45, 2.75) is 24.1 Å². The zero-order chi connectivity index (χ0) is 20.5. The van der Waals surface area contributed by atoms with Crippen molar-refractivity contribution in [1.29, 1.82) is 0 Å². The van der Waals surface area contributed by atoms with Gasteiger partial charge in [0.25, 0.3) is 10.0 Å². The zero-order valence-corrected chi connectivity index (χ0v) is 17.4. The van der Waals surface area contributed by atoms with Gasteiger partial charge in [-0.05, 0) is 61.3 Å². The van der Waals surface area contributed by atoms with E-state index in [1.54, 1.807) is 6.07 Å². The summed E-state index contributed by atoms with van der Waals surface area (Å²) in [6.07, 6.45) is -3.68. The van der Waals surface area contributed by atoms with E-state index in [4.69, 9.17) is 11.6 Å². The molecule has 1 heterocycles. The van der Waals surface area contributed by atoms with Crippen LogP contribution in [0.3, 0.4) is 0 Å². The fraction of sp³-hybridized carbons (Fsp3) is 0.294. The minimum atomic E-state index is -5.04. The van der Waals surface area contributed by atoms with E-state index in [0.29, 0.717) is 13.0 Å². The first kappa shape index (κ1) is 21.2. The van der Waals surface area contributed by atoms with Crippen LogP contribution in [0.25, 0.3) is 0 Å². The molecule has 0 radical (unpaired) electrons. The molecule has 0 amide bonds. The molecule has 0 aliphatic carbocycles. The minimum absolute atomic E-state index is 0.100. The monoisotopic (exact) mass is 498 g/mol. The van der Waals surface area contributed by atoms with Crippen molar-refractivity contribution in [1.82, 2.24) is 5.32 Å². The second-order valence-electron chi connectivity index (χ2n) is 6.06. The highest BCUT2D eigenvalue weighted by Crippen LogP contribution is 2.36. The molecule has 152 valence electrons. The second kappa shape index (κ2) is 8.10. The maximum atomic E-state index is 12.8. The average Bonchev–Trinajstić information content (AvgIpc) is 2.81. The number of nitrogens with one attached hydrogen (secondary N) is 2. The van der Waals surface area contributed by atoms with Gasteiger partial charge in [-0.1, -0.05) is 33.6 Å². The summed E-state index contributed by atoms with van der Waals surface area (Å²) in [6.45, 7) is 1.48. The Balaban J connectivity index is 1.98. The fourth-order valence-corrected chi connectivity index (χ4v) is 4.82. The highest BCUT2D eigenvalue weighted by molar-refractivity contribution is 9.10. The maximum absolute atomic E-state index is 12.8. The zero-order valence-electron chi connectivity index (χ0n) is 14.2. The van der Waals surface area contributed by atoms with E-state index in [-0.39, 0.29) is 15.2 Å². The maximum Gasteiger partial charge on any atom is 0.573 e. The first-order valence-corrected chi connectivity index (χ1v) is 10.8. The number of halogens is 5. The molecule has 11 heteroatoms. The molecule has 0 saturated carbocycles. The van der Waals surface area contributed by atoms with Gasteiger partial charge in [-0.25, -0.2) is 8.42 Å². The number of anilines is 1. The molecule has 1 aliphatic rings. The molecule has 0 unspecified atom stereocenters. The number of sulfonamides is 1. The van der Waals surface area contributed by atoms with Crippen molar-refractivity contribution in [3.8, 4) is 5.75 Å². The summed E-state index contributed by atoms with van der Waals surface area (Å²) in [5.74, 6) is -0.843. The van der Waals surface area contributed by atoms with Gasteiger partial charge < -0.3 is 10.1 Å². The van der Waals surface area contributed by atoms with Crippen molar-refractivity contribution >= 4 is 43.2 Å². The molecule has 0 bridgehead atoms. The molecule has 3 rings (SSSR count). The topological polar surface area (TPSA) is 67.4 Å². The van der Waals surface area contributed by atoms with E-state index in [0.717, 1.165) is 36.2 Å². The molecule has 28 heavy (non-hydrogen) atoms. The predicted molar refractivity (Wildman–Crippen MR) is 103 cm³/mol. The number of fused-ring (bicyclic) bond motifs is 1. The van der Waals surface area contributed by atoms with E-state index in [1.165, 1.54) is 12.1 Å². The SMILES string of the molecule is O=S(=O)(Nc1ccc2c(c1Cl)CCNCC2)c1ccc(Br)cc1OC(F)(F)F. The first-order chi connectivity index (χ1) is 13.1. The summed E-state index contributed by atoms with van der Waals surface area (Å²) in [7, 11) is -4.39. The Labute approximate surface area is 173 Å². The lowest BCUT2D eigenvalue weighted by molar-refractivity contribution is -0.275. The van der Waals surface area contributed by atoms with Gasteiger partial charge >= 0.3 is 6.36 Å². The van der Waals surface area contributed by atoms with Crippen LogP contribution in [0, 0.1) is 0 Å². The van der Waals surface area contributed by atoms with Gasteiger partial charge in [0.1, 0.15) is 4.90 Å². The van der Waals surface area contributed by atoms with E-state index in [2.05, 4.69) is 30.7 Å². The van der Waals surface area contributed by atoms with E-state index in [1.807, 2.05) is 0 Å². The van der Waals surface area contributed by atoms with Crippen molar-refractivity contribution in [3.63, 3.8) is 0 Å². The van der Waals surface area contributed by atoms with E-state index >= 15 is 0 Å². The van der Waals surface area contributed by atoms with Crippen LogP contribution in [0.4, 0.5) is 18.9 Å². The number of rotatable bonds is 4. The Hall–Kier alpha value is -1.49. The van der Waals surface area contributed by atoms with Gasteiger partial charge in [0, 0.05) is 4.47 Å². The Morgan fingerprint density at radius 3 is 2.57 bits per heavy atom. The van der Waals surface area contributed by atoms with Crippen LogP contribution < -0.4 is 14.8 Å². The Morgan fingerprint density at radius 1 is 1.14 bits per heavy atom. The lowest BCUT2D eigenvalue weighted by atomic mass is 10.0. The van der Waals surface area contributed by atoms with Crippen LogP contribution in [0.1, 0.15) is 11.1 Å². The summed E-state index contributed by atoms with van der Waals surface area (Å²) in [5, 5.41) is 3.46. The number of alkyl halides is 3. The Morgan fingerprint density at radius 2 is 1.86 bits per heavy atom. The quantitative estimate of drug-likeness (QED) is 0.651. The molecule has 5 nitrogen and oxygen atoms in total. The third-order valence-corrected chi connectivity index (χ3v) is 6.46.